The van der Waals surface area contributed by atoms with Crippen molar-refractivity contribution in [3.8, 4) is 0 Å². The molecular formula is C15H30N2O2. The maximum Gasteiger partial charge on any atom is 0.323 e. The summed E-state index contributed by atoms with van der Waals surface area (Å²) in [6, 6.07) is 0.185. The van der Waals surface area contributed by atoms with E-state index in [9.17, 15) is 9.90 Å². The van der Waals surface area contributed by atoms with Crippen LogP contribution in [0.1, 0.15) is 60.3 Å². The molecular weight excluding hydrogens is 240 g/mol. The minimum Gasteiger partial charge on any atom is -0.480 e. The lowest BCUT2D eigenvalue weighted by Crippen LogP contribution is -2.52. The van der Waals surface area contributed by atoms with Crippen LogP contribution in [-0.2, 0) is 4.79 Å². The Kier molecular flexibility index (Phi) is 5.39. The number of nitrogens with zero attached hydrogens (tertiary/aromatic N) is 1. The van der Waals surface area contributed by atoms with Gasteiger partial charge < -0.3 is 5.11 Å². The van der Waals surface area contributed by atoms with E-state index in [1.165, 1.54) is 12.8 Å². The van der Waals surface area contributed by atoms with Gasteiger partial charge in [0.1, 0.15) is 5.54 Å². The number of carboxylic acid groups (broad SMARTS) is 1. The van der Waals surface area contributed by atoms with Crippen molar-refractivity contribution < 1.29 is 9.90 Å². The van der Waals surface area contributed by atoms with Gasteiger partial charge >= 0.3 is 5.97 Å². The molecule has 19 heavy (non-hydrogen) atoms. The summed E-state index contributed by atoms with van der Waals surface area (Å²) >= 11 is 0. The Hall–Kier alpha value is -0.610. The Balaban J connectivity index is 2.47. The third-order valence-corrected chi connectivity index (χ3v) is 4.26. The highest BCUT2D eigenvalue weighted by Gasteiger charge is 2.35. The van der Waals surface area contributed by atoms with Crippen LogP contribution >= 0.6 is 0 Å². The number of carbonyl (C=O) groups is 1. The van der Waals surface area contributed by atoms with E-state index in [1.54, 1.807) is 6.92 Å². The molecule has 0 aromatic rings. The molecule has 0 bridgehead atoms. The zero-order chi connectivity index (χ0) is 14.7. The molecule has 0 aromatic carbocycles. The minimum atomic E-state index is -0.808. The molecule has 0 radical (unpaired) electrons. The Morgan fingerprint density at radius 1 is 1.47 bits per heavy atom. The topological polar surface area (TPSA) is 52.6 Å². The number of likely N-dealkylation sites (tertiary alicyclic amines) is 1. The van der Waals surface area contributed by atoms with Crippen LogP contribution in [-0.4, -0.2) is 46.2 Å². The van der Waals surface area contributed by atoms with E-state index in [-0.39, 0.29) is 11.6 Å². The first-order chi connectivity index (χ1) is 8.67. The van der Waals surface area contributed by atoms with Crippen LogP contribution < -0.4 is 5.32 Å². The molecule has 4 nitrogen and oxygen atoms in total. The number of carboxylic acids is 1. The first-order valence-corrected chi connectivity index (χ1v) is 7.43. The highest BCUT2D eigenvalue weighted by atomic mass is 16.4. The summed E-state index contributed by atoms with van der Waals surface area (Å²) in [6.45, 7) is 12.5. The second kappa shape index (κ2) is 6.23. The molecule has 0 amide bonds. The third kappa shape index (κ3) is 4.46. The fraction of sp³-hybridized carbons (Fsp3) is 0.933. The van der Waals surface area contributed by atoms with Crippen LogP contribution in [0.25, 0.3) is 0 Å². The molecule has 1 aliphatic rings. The van der Waals surface area contributed by atoms with Crippen LogP contribution in [0.2, 0.25) is 0 Å². The molecule has 112 valence electrons. The van der Waals surface area contributed by atoms with E-state index >= 15 is 0 Å². The van der Waals surface area contributed by atoms with Crippen molar-refractivity contribution in [3.63, 3.8) is 0 Å². The predicted molar refractivity (Wildman–Crippen MR) is 78.4 cm³/mol. The van der Waals surface area contributed by atoms with Crippen molar-refractivity contribution in [1.82, 2.24) is 10.2 Å². The van der Waals surface area contributed by atoms with Crippen molar-refractivity contribution in [2.75, 3.05) is 13.1 Å². The van der Waals surface area contributed by atoms with Gasteiger partial charge in [0.25, 0.3) is 0 Å². The summed E-state index contributed by atoms with van der Waals surface area (Å²) in [5, 5.41) is 12.6. The lowest BCUT2D eigenvalue weighted by Gasteiger charge is -2.33. The summed E-state index contributed by atoms with van der Waals surface area (Å²) in [7, 11) is 0. The maximum absolute atomic E-state index is 11.4. The molecule has 0 aliphatic carbocycles. The van der Waals surface area contributed by atoms with Gasteiger partial charge in [-0.05, 0) is 73.4 Å². The molecule has 4 heteroatoms. The van der Waals surface area contributed by atoms with Crippen LogP contribution in [0.4, 0.5) is 0 Å². The molecule has 2 N–H and O–H groups in total. The number of rotatable bonds is 7. The van der Waals surface area contributed by atoms with Gasteiger partial charge in [0, 0.05) is 11.6 Å². The van der Waals surface area contributed by atoms with Crippen LogP contribution in [0.3, 0.4) is 0 Å². The molecule has 1 fully saturated rings. The number of aliphatic carboxylic acids is 1. The van der Waals surface area contributed by atoms with E-state index in [1.807, 2.05) is 13.8 Å². The van der Waals surface area contributed by atoms with Crippen LogP contribution in [0.5, 0.6) is 0 Å². The molecule has 1 atom stereocenters. The average Bonchev–Trinajstić information content (AvgIpc) is 2.57. The second-order valence-corrected chi connectivity index (χ2v) is 6.94. The summed E-state index contributed by atoms with van der Waals surface area (Å²) in [5.41, 5.74) is -0.525. The number of nitrogens with one attached hydrogen (secondary N) is 1. The fourth-order valence-electron chi connectivity index (χ4n) is 3.08. The summed E-state index contributed by atoms with van der Waals surface area (Å²) < 4.78 is 0. The van der Waals surface area contributed by atoms with Crippen molar-refractivity contribution in [2.45, 2.75) is 77.4 Å². The normalized spacial score (nSPS) is 22.6. The Morgan fingerprint density at radius 2 is 2.11 bits per heavy atom. The highest BCUT2D eigenvalue weighted by molar-refractivity contribution is 5.78. The highest BCUT2D eigenvalue weighted by Crippen LogP contribution is 2.28. The van der Waals surface area contributed by atoms with Gasteiger partial charge in [-0.25, -0.2) is 0 Å². The Morgan fingerprint density at radius 3 is 2.53 bits per heavy atom. The van der Waals surface area contributed by atoms with E-state index in [4.69, 9.17) is 0 Å². The van der Waals surface area contributed by atoms with Crippen molar-refractivity contribution in [3.05, 3.63) is 0 Å². The monoisotopic (exact) mass is 270 g/mol. The van der Waals surface area contributed by atoms with Gasteiger partial charge in [0.15, 0.2) is 0 Å². The number of hydrogen-bond acceptors (Lipinski definition) is 3. The van der Waals surface area contributed by atoms with Gasteiger partial charge in [-0.3, -0.25) is 15.0 Å². The summed E-state index contributed by atoms with van der Waals surface area (Å²) in [6.07, 6.45) is 4.10. The molecule has 0 saturated carbocycles. The molecule has 1 heterocycles. The molecule has 1 aliphatic heterocycles. The van der Waals surface area contributed by atoms with E-state index in [0.717, 1.165) is 19.5 Å². The standard InChI is InChI=1S/C15H30N2O2/c1-12(2)16-15(5,13(18)19)9-7-11-17-10-6-8-14(17,3)4/h12,16H,6-11H2,1-5H3,(H,18,19). The van der Waals surface area contributed by atoms with Gasteiger partial charge in [-0.1, -0.05) is 0 Å². The van der Waals surface area contributed by atoms with Crippen molar-refractivity contribution >= 4 is 5.97 Å². The van der Waals surface area contributed by atoms with E-state index in [2.05, 4.69) is 24.1 Å². The van der Waals surface area contributed by atoms with Gasteiger partial charge in [0.05, 0.1) is 0 Å². The zero-order valence-corrected chi connectivity index (χ0v) is 13.1. The van der Waals surface area contributed by atoms with Crippen LogP contribution in [0.15, 0.2) is 0 Å². The van der Waals surface area contributed by atoms with Gasteiger partial charge in [0.2, 0.25) is 0 Å². The number of hydrogen-bond donors (Lipinski definition) is 2. The SMILES string of the molecule is CC(C)NC(C)(CCCN1CCCC1(C)C)C(=O)O. The summed E-state index contributed by atoms with van der Waals surface area (Å²) in [4.78, 5) is 13.9. The predicted octanol–water partition coefficient (Wildman–Crippen LogP) is 2.48. The summed E-state index contributed by atoms with van der Waals surface area (Å²) in [5.74, 6) is -0.748. The zero-order valence-electron chi connectivity index (χ0n) is 13.1. The lowest BCUT2D eigenvalue weighted by molar-refractivity contribution is -0.144. The molecule has 0 aromatic heterocycles. The average molecular weight is 270 g/mol. The maximum atomic E-state index is 11.4. The minimum absolute atomic E-state index is 0.185. The van der Waals surface area contributed by atoms with Gasteiger partial charge in [-0.2, -0.15) is 0 Å². The molecule has 1 saturated heterocycles. The molecule has 0 spiro atoms. The van der Waals surface area contributed by atoms with Crippen LogP contribution in [0, 0.1) is 0 Å². The first kappa shape index (κ1) is 16.4. The lowest BCUT2D eigenvalue weighted by atomic mass is 9.94. The molecule has 1 rings (SSSR count). The van der Waals surface area contributed by atoms with E-state index < -0.39 is 11.5 Å². The van der Waals surface area contributed by atoms with Gasteiger partial charge in [-0.15, -0.1) is 0 Å². The quantitative estimate of drug-likeness (QED) is 0.746. The van der Waals surface area contributed by atoms with Crippen molar-refractivity contribution in [2.24, 2.45) is 0 Å². The second-order valence-electron chi connectivity index (χ2n) is 6.94. The Labute approximate surface area is 117 Å². The smallest absolute Gasteiger partial charge is 0.323 e. The third-order valence-electron chi connectivity index (χ3n) is 4.26. The Bertz CT molecular complexity index is 315. The fourth-order valence-corrected chi connectivity index (χ4v) is 3.08. The molecule has 1 unspecified atom stereocenters. The van der Waals surface area contributed by atoms with Crippen molar-refractivity contribution in [1.29, 1.82) is 0 Å². The first-order valence-electron chi connectivity index (χ1n) is 7.43. The van der Waals surface area contributed by atoms with E-state index in [0.29, 0.717) is 6.42 Å². The largest absolute Gasteiger partial charge is 0.480 e.